The van der Waals surface area contributed by atoms with Crippen molar-refractivity contribution in [2.24, 2.45) is 0 Å². The van der Waals surface area contributed by atoms with Gasteiger partial charge in [-0.1, -0.05) is 0 Å². The first-order valence-electron chi connectivity index (χ1n) is 10.5. The van der Waals surface area contributed by atoms with Gasteiger partial charge in [0.1, 0.15) is 18.8 Å². The molecule has 1 rings (SSSR count). The Morgan fingerprint density at radius 2 is 1.49 bits per heavy atom. The van der Waals surface area contributed by atoms with Gasteiger partial charge < -0.3 is 38.0 Å². The number of carbonyl (C=O) groups is 5. The van der Waals surface area contributed by atoms with E-state index in [0.717, 1.165) is 41.9 Å². The summed E-state index contributed by atoms with van der Waals surface area (Å²) in [5.74, 6) is -5.00. The normalized spacial score (nSPS) is 23.9. The molecule has 0 aromatic carbocycles. The Bertz CT molecular complexity index is 839. The van der Waals surface area contributed by atoms with Crippen molar-refractivity contribution >= 4 is 37.4 Å². The van der Waals surface area contributed by atoms with Crippen LogP contribution in [0.4, 0.5) is 0 Å². The van der Waals surface area contributed by atoms with Crippen molar-refractivity contribution in [3.8, 4) is 0 Å². The summed E-state index contributed by atoms with van der Waals surface area (Å²) in [6.45, 7) is 5.02. The molecule has 1 amide bonds. The predicted octanol–water partition coefficient (Wildman–Crippen LogP) is 0.450. The van der Waals surface area contributed by atoms with E-state index >= 15 is 0 Å². The van der Waals surface area contributed by atoms with Crippen LogP contribution >= 0.6 is 7.60 Å². The summed E-state index contributed by atoms with van der Waals surface area (Å²) in [6.07, 6.45) is -5.74. The Morgan fingerprint density at radius 1 is 0.914 bits per heavy atom. The predicted molar refractivity (Wildman–Crippen MR) is 116 cm³/mol. The fraction of sp³-hybridized carbons (Fsp3) is 0.750. The molecule has 1 N–H and O–H groups in total. The quantitative estimate of drug-likeness (QED) is 0.223. The first-order chi connectivity index (χ1) is 16.2. The highest BCUT2D eigenvalue weighted by atomic mass is 31.2. The lowest BCUT2D eigenvalue weighted by Crippen LogP contribution is -2.64. The zero-order valence-corrected chi connectivity index (χ0v) is 21.5. The van der Waals surface area contributed by atoms with Gasteiger partial charge in [0.05, 0.1) is 6.04 Å². The summed E-state index contributed by atoms with van der Waals surface area (Å²) in [5, 5.41) is 2.57. The highest BCUT2D eigenvalue weighted by Gasteiger charge is 2.54. The maximum absolute atomic E-state index is 13.2. The minimum absolute atomic E-state index is 0.227. The van der Waals surface area contributed by atoms with Crippen molar-refractivity contribution in [1.29, 1.82) is 0 Å². The van der Waals surface area contributed by atoms with Gasteiger partial charge in [0.2, 0.25) is 5.91 Å². The van der Waals surface area contributed by atoms with Crippen LogP contribution in [0.3, 0.4) is 0 Å². The molecular formula is C20H32NO13P. The lowest BCUT2D eigenvalue weighted by molar-refractivity contribution is -0.206. The van der Waals surface area contributed by atoms with Gasteiger partial charge in [-0.3, -0.25) is 28.5 Å². The van der Waals surface area contributed by atoms with Crippen molar-refractivity contribution in [2.75, 3.05) is 20.8 Å². The maximum atomic E-state index is 13.2. The molecule has 0 aromatic rings. The Kier molecular flexibility index (Phi) is 11.8. The maximum Gasteiger partial charge on any atom is 0.358 e. The van der Waals surface area contributed by atoms with Crippen LogP contribution in [0.25, 0.3) is 0 Å². The molecule has 0 spiro atoms. The number of ether oxygens (including phenoxy) is 5. The van der Waals surface area contributed by atoms with Crippen molar-refractivity contribution in [1.82, 2.24) is 5.32 Å². The van der Waals surface area contributed by atoms with E-state index in [1.54, 1.807) is 0 Å². The molecule has 1 saturated heterocycles. The van der Waals surface area contributed by atoms with Crippen molar-refractivity contribution in [2.45, 2.75) is 77.3 Å². The SMILES string of the molecule is COP(=O)(OC)[C@@H]1C[C@H](OC(C)=O)[C@@H](NC(C)=O)[C@H]([C@H](OC(C)=O)[C@@H](COC(C)=O)OC(C)=O)O1. The standard InChI is InChI=1S/C20H32NO13P/c1-10(22)21-18-15(31-12(3)24)8-17(35(27,28-6)29-7)34-20(18)19(33-14(5)26)16(32-13(4)25)9-30-11(2)23/h15-20H,8-9H2,1-7H3,(H,21,22)/t15-,16+,17+,18+,19+,20+/m0/s1. The van der Waals surface area contributed by atoms with Crippen LogP contribution in [0.5, 0.6) is 0 Å². The molecule has 6 atom stereocenters. The molecule has 0 unspecified atom stereocenters. The summed E-state index contributed by atoms with van der Waals surface area (Å²) in [7, 11) is -1.72. The number of rotatable bonds is 11. The van der Waals surface area contributed by atoms with E-state index in [9.17, 15) is 28.5 Å². The van der Waals surface area contributed by atoms with E-state index in [0.29, 0.717) is 0 Å². The monoisotopic (exact) mass is 525 g/mol. The number of hydrogen-bond acceptors (Lipinski definition) is 13. The molecule has 1 fully saturated rings. The number of nitrogens with one attached hydrogen (secondary N) is 1. The molecule has 0 saturated carbocycles. The second-order valence-electron chi connectivity index (χ2n) is 7.59. The highest BCUT2D eigenvalue weighted by Crippen LogP contribution is 2.56. The third kappa shape index (κ3) is 9.21. The lowest BCUT2D eigenvalue weighted by atomic mass is 9.92. The van der Waals surface area contributed by atoms with Gasteiger partial charge in [0, 0.05) is 55.3 Å². The number of hydrogen-bond donors (Lipinski definition) is 1. The van der Waals surface area contributed by atoms with Crippen LogP contribution in [-0.2, 0) is 61.3 Å². The first-order valence-corrected chi connectivity index (χ1v) is 12.1. The van der Waals surface area contributed by atoms with E-state index in [1.807, 2.05) is 0 Å². The molecule has 35 heavy (non-hydrogen) atoms. The molecule has 1 aliphatic rings. The smallest absolute Gasteiger partial charge is 0.358 e. The first kappa shape index (κ1) is 30.5. The molecular weight excluding hydrogens is 493 g/mol. The minimum Gasteiger partial charge on any atom is -0.462 e. The topological polar surface area (TPSA) is 179 Å². The Labute approximate surface area is 202 Å². The van der Waals surface area contributed by atoms with Gasteiger partial charge >= 0.3 is 31.5 Å². The molecule has 0 radical (unpaired) electrons. The minimum atomic E-state index is -3.96. The summed E-state index contributed by atoms with van der Waals surface area (Å²) in [4.78, 5) is 59.0. The van der Waals surface area contributed by atoms with Gasteiger partial charge in [-0.15, -0.1) is 0 Å². The number of esters is 4. The van der Waals surface area contributed by atoms with E-state index in [-0.39, 0.29) is 6.42 Å². The van der Waals surface area contributed by atoms with Crippen molar-refractivity contribution in [3.63, 3.8) is 0 Å². The largest absolute Gasteiger partial charge is 0.462 e. The van der Waals surface area contributed by atoms with Gasteiger partial charge in [-0.25, -0.2) is 0 Å². The van der Waals surface area contributed by atoms with E-state index in [4.69, 9.17) is 32.7 Å². The Balaban J connectivity index is 3.65. The van der Waals surface area contributed by atoms with E-state index in [1.165, 1.54) is 6.92 Å². The lowest BCUT2D eigenvalue weighted by Gasteiger charge is -2.45. The van der Waals surface area contributed by atoms with Crippen LogP contribution < -0.4 is 5.32 Å². The van der Waals surface area contributed by atoms with E-state index < -0.39 is 80.3 Å². The molecule has 0 aromatic heterocycles. The molecule has 14 nitrogen and oxygen atoms in total. The number of amides is 1. The fourth-order valence-electron chi connectivity index (χ4n) is 3.57. The third-order valence-corrected chi connectivity index (χ3v) is 6.87. The van der Waals surface area contributed by atoms with Crippen LogP contribution in [0.2, 0.25) is 0 Å². The summed E-state index contributed by atoms with van der Waals surface area (Å²) in [5.41, 5.74) is 0. The number of carbonyl (C=O) groups excluding carboxylic acids is 5. The summed E-state index contributed by atoms with van der Waals surface area (Å²) >= 11 is 0. The third-order valence-electron chi connectivity index (χ3n) is 4.81. The van der Waals surface area contributed by atoms with Crippen LogP contribution in [0.15, 0.2) is 0 Å². The van der Waals surface area contributed by atoms with Gasteiger partial charge in [-0.2, -0.15) is 0 Å². The van der Waals surface area contributed by atoms with Crippen molar-refractivity contribution < 1.29 is 61.3 Å². The van der Waals surface area contributed by atoms with Gasteiger partial charge in [0.15, 0.2) is 18.1 Å². The highest BCUT2D eigenvalue weighted by molar-refractivity contribution is 7.54. The molecule has 1 aliphatic heterocycles. The second-order valence-corrected chi connectivity index (χ2v) is 9.98. The van der Waals surface area contributed by atoms with Crippen LogP contribution in [-0.4, -0.2) is 86.9 Å². The van der Waals surface area contributed by atoms with E-state index in [2.05, 4.69) is 5.32 Å². The Hall–Kier alpha value is -2.54. The molecule has 1 heterocycles. The molecule has 200 valence electrons. The fourth-order valence-corrected chi connectivity index (χ4v) is 4.95. The van der Waals surface area contributed by atoms with Crippen molar-refractivity contribution in [3.05, 3.63) is 0 Å². The average Bonchev–Trinajstić information content (AvgIpc) is 2.74. The van der Waals surface area contributed by atoms with Gasteiger partial charge in [-0.05, 0) is 0 Å². The van der Waals surface area contributed by atoms with Crippen LogP contribution in [0.1, 0.15) is 41.0 Å². The summed E-state index contributed by atoms with van der Waals surface area (Å²) < 4.78 is 50.1. The molecule has 0 bridgehead atoms. The van der Waals surface area contributed by atoms with Crippen LogP contribution in [0, 0.1) is 0 Å². The summed E-state index contributed by atoms with van der Waals surface area (Å²) in [6, 6.07) is -1.17. The van der Waals surface area contributed by atoms with Gasteiger partial charge in [0.25, 0.3) is 0 Å². The molecule has 15 heteroatoms. The Morgan fingerprint density at radius 3 is 1.91 bits per heavy atom. The zero-order chi connectivity index (χ0) is 26.9. The molecule has 0 aliphatic carbocycles. The second kappa shape index (κ2) is 13.5. The average molecular weight is 525 g/mol. The zero-order valence-electron chi connectivity index (χ0n) is 20.6.